The maximum absolute atomic E-state index is 12.5. The van der Waals surface area contributed by atoms with Crippen LogP contribution in [0.25, 0.3) is 31.0 Å². The Bertz CT molecular complexity index is 3520. The van der Waals surface area contributed by atoms with Crippen LogP contribution in [0.1, 0.15) is 106 Å². The number of nitrogens with zero attached hydrogens (tertiary/aromatic N) is 5. The Kier molecular flexibility index (Phi) is 20.2. The van der Waals surface area contributed by atoms with Gasteiger partial charge in [-0.1, -0.05) is 68.1 Å². The third kappa shape index (κ3) is 14.7. The number of aliphatic hydroxyl groups excluding tert-OH is 2. The number of ether oxygens (including phenoxy) is 7. The fraction of sp³-hybridized carbons (Fsp3) is 0.578. The summed E-state index contributed by atoms with van der Waals surface area (Å²) in [5.74, 6) is -1.88. The zero-order valence-electron chi connectivity index (χ0n) is 43.7. The van der Waals surface area contributed by atoms with Gasteiger partial charge < -0.3 is 60.6 Å². The first-order valence-electron chi connectivity index (χ1n) is 24.4. The second-order valence-corrected chi connectivity index (χ2v) is 21.0. The molecule has 0 amide bonds. The maximum atomic E-state index is 12.5. The quantitative estimate of drug-likeness (QED) is 0.0589. The van der Waals surface area contributed by atoms with Crippen molar-refractivity contribution in [2.24, 2.45) is 5.92 Å². The fourth-order valence-corrected chi connectivity index (χ4v) is 11.0. The first kappa shape index (κ1) is 61.0. The van der Waals surface area contributed by atoms with Gasteiger partial charge in [-0.05, 0) is 18.8 Å². The molecule has 0 aliphatic carbocycles. The van der Waals surface area contributed by atoms with E-state index in [-0.39, 0.29) is 77.8 Å². The Morgan fingerprint density at radius 1 is 0.620 bits per heavy atom. The maximum Gasteiger partial charge on any atom is 0.311 e. The van der Waals surface area contributed by atoms with Crippen molar-refractivity contribution in [2.75, 3.05) is 17.2 Å². The number of thiazole rings is 3. The number of aromatic amines is 4. The standard InChI is InChI=1S/C15H20N4O5S.C13H20O7.C12H16N4O5S.C5H4N4O2S/c1-4-6(2)8-5-9(23-7(3)20)13(24-8)19-11-10(25-15(19)22)12(21)18-14(16)17-11;1-5-10(17-7(2)14)11-6-12(18-8(3)15)13(20-11)19-9(4)16;1-2-4(17)6-3-5(18)10(21-6)16-8-7(22-12(16)20)9(19)15-11(13)14-8;6-4-7-2-1(3(10)9-4)12-5(11)8-2/h6,8-9,13H,4-5H2,1-3H3,(H3,16,17,18,21);10-13H,5-6H2,1-4H3;4-6,10,17-18H,2-3H2,1H3,(H3,13,14,15,19);(H4,6,7,8,9,10,11)/t6-,8-,9+,13+;10-,11-,12+,13?;4-,5+,6-,10+;/m000./s1. The second kappa shape index (κ2) is 26.2. The van der Waals surface area contributed by atoms with Gasteiger partial charge in [0.2, 0.25) is 24.1 Å². The van der Waals surface area contributed by atoms with E-state index in [4.69, 9.17) is 50.4 Å². The number of carbonyl (C=O) groups excluding carboxylic acids is 4. The number of rotatable bonds is 12. The van der Waals surface area contributed by atoms with Crippen molar-refractivity contribution in [3.8, 4) is 0 Å². The van der Waals surface area contributed by atoms with Crippen molar-refractivity contribution in [3.63, 3.8) is 0 Å². The van der Waals surface area contributed by atoms with Crippen LogP contribution in [-0.4, -0.2) is 133 Å². The molecule has 0 radical (unpaired) electrons. The van der Waals surface area contributed by atoms with Crippen LogP contribution in [0.15, 0.2) is 28.8 Å². The van der Waals surface area contributed by atoms with Crippen LogP contribution in [0.3, 0.4) is 0 Å². The first-order valence-corrected chi connectivity index (χ1v) is 26.9. The Labute approximate surface area is 456 Å². The molecule has 0 spiro atoms. The molecule has 3 fully saturated rings. The summed E-state index contributed by atoms with van der Waals surface area (Å²) in [5.41, 5.74) is 15.4. The minimum atomic E-state index is -0.999. The highest BCUT2D eigenvalue weighted by molar-refractivity contribution is 7.16. The largest absolute Gasteiger partial charge is 0.460 e. The highest BCUT2D eigenvalue weighted by Crippen LogP contribution is 2.37. The first-order chi connectivity index (χ1) is 37.2. The molecule has 6 aromatic heterocycles. The van der Waals surface area contributed by atoms with E-state index in [0.717, 1.165) is 33.7 Å². The van der Waals surface area contributed by atoms with Crippen LogP contribution in [-0.2, 0) is 52.3 Å². The Balaban J connectivity index is 0.000000174. The van der Waals surface area contributed by atoms with Gasteiger partial charge in [-0.3, -0.25) is 77.0 Å². The lowest BCUT2D eigenvalue weighted by atomic mass is 9.99. The van der Waals surface area contributed by atoms with E-state index in [1.807, 2.05) is 20.8 Å². The summed E-state index contributed by atoms with van der Waals surface area (Å²) in [7, 11) is 0. The predicted octanol–water partition coefficient (Wildman–Crippen LogP) is 0.335. The molecule has 3 aliphatic rings. The SMILES string of the molecule is CC[C@H](C)[C@@H]1C[C@@H](OC(C)=O)[C@H](n2c(=O)sc3c(=O)[nH]c(N)nc32)O1.CC[C@H](O)[C@@H]1C[C@@H](O)[C@H](n2c(=O)sc3c(=O)[nH]c(N)nc32)O1.CC[C@H](OC(C)=O)[C@@H]1C[C@@H](OC(C)=O)C(OC(C)=O)O1.Nc1nc2[nH]c(=O)sc2c(=O)[nH]1. The van der Waals surface area contributed by atoms with E-state index < -0.39 is 106 Å². The highest BCUT2D eigenvalue weighted by atomic mass is 32.1. The lowest BCUT2D eigenvalue weighted by Gasteiger charge is -2.21. The van der Waals surface area contributed by atoms with E-state index in [1.165, 1.54) is 32.3 Å². The van der Waals surface area contributed by atoms with E-state index in [2.05, 4.69) is 34.9 Å². The van der Waals surface area contributed by atoms with Gasteiger partial charge >= 0.3 is 38.5 Å². The second-order valence-electron chi connectivity index (χ2n) is 18.1. The molecule has 3 aliphatic heterocycles. The third-order valence-corrected chi connectivity index (χ3v) is 15.0. The summed E-state index contributed by atoms with van der Waals surface area (Å²) in [6.07, 6.45) is -4.65. The molecule has 1 unspecified atom stereocenters. The molecular weight excluding hydrogens is 1110 g/mol. The van der Waals surface area contributed by atoms with Gasteiger partial charge in [-0.15, -0.1) is 0 Å². The molecule has 0 aromatic carbocycles. The number of anilines is 3. The molecule has 12 N–H and O–H groups in total. The number of nitrogens with two attached hydrogens (primary N) is 3. The van der Waals surface area contributed by atoms with Crippen LogP contribution < -0.4 is 48.5 Å². The van der Waals surface area contributed by atoms with Crippen molar-refractivity contribution in [1.29, 1.82) is 0 Å². The third-order valence-electron chi connectivity index (χ3n) is 12.3. The van der Waals surface area contributed by atoms with E-state index in [0.29, 0.717) is 37.0 Å². The average Bonchev–Trinajstić information content (AvgIpc) is 4.44. The van der Waals surface area contributed by atoms with Gasteiger partial charge in [0.1, 0.15) is 38.5 Å². The molecular formula is C45H60N12O19S3. The molecule has 9 heterocycles. The van der Waals surface area contributed by atoms with Gasteiger partial charge in [-0.2, -0.15) is 15.0 Å². The van der Waals surface area contributed by atoms with E-state index >= 15 is 0 Å². The van der Waals surface area contributed by atoms with E-state index in [1.54, 1.807) is 6.92 Å². The number of aliphatic hydroxyl groups is 2. The number of fused-ring (bicyclic) bond motifs is 3. The number of esters is 4. The minimum Gasteiger partial charge on any atom is -0.460 e. The monoisotopic (exact) mass is 1170 g/mol. The molecule has 9 rings (SSSR count). The smallest absolute Gasteiger partial charge is 0.311 e. The van der Waals surface area contributed by atoms with Crippen molar-refractivity contribution in [1.82, 2.24) is 44.0 Å². The summed E-state index contributed by atoms with van der Waals surface area (Å²) >= 11 is 2.29. The van der Waals surface area contributed by atoms with Crippen molar-refractivity contribution < 1.29 is 62.5 Å². The molecule has 79 heavy (non-hydrogen) atoms. The van der Waals surface area contributed by atoms with E-state index in [9.17, 15) is 58.2 Å². The summed E-state index contributed by atoms with van der Waals surface area (Å²) in [6, 6.07) is 0. The van der Waals surface area contributed by atoms with Crippen molar-refractivity contribution >= 4 is 107 Å². The molecule has 432 valence electrons. The number of carbonyl (C=O) groups is 4. The number of hydrogen-bond acceptors (Lipinski definition) is 28. The zero-order chi connectivity index (χ0) is 58.3. The van der Waals surface area contributed by atoms with Crippen LogP contribution in [0.4, 0.5) is 17.8 Å². The molecule has 12 atom stereocenters. The van der Waals surface area contributed by atoms with Crippen molar-refractivity contribution in [3.05, 3.63) is 60.1 Å². The molecule has 31 nitrogen and oxygen atoms in total. The summed E-state index contributed by atoms with van der Waals surface area (Å²) in [6.45, 7) is 12.8. The Hall–Kier alpha value is -7.21. The minimum absolute atomic E-state index is 0.00144. The zero-order valence-corrected chi connectivity index (χ0v) is 46.1. The lowest BCUT2D eigenvalue weighted by Crippen LogP contribution is -2.31. The van der Waals surface area contributed by atoms with Crippen LogP contribution in [0.5, 0.6) is 0 Å². The fourth-order valence-electron chi connectivity index (χ4n) is 8.60. The number of H-pyrrole nitrogens is 4. The average molecular weight is 1170 g/mol. The molecule has 0 saturated carbocycles. The number of aromatic nitrogens is 9. The van der Waals surface area contributed by atoms with Gasteiger partial charge in [0, 0.05) is 47.0 Å². The predicted molar refractivity (Wildman–Crippen MR) is 284 cm³/mol. The number of nitrogens with one attached hydrogen (secondary N) is 4. The molecule has 3 saturated heterocycles. The summed E-state index contributed by atoms with van der Waals surface area (Å²) in [5, 5.41) is 20.0. The summed E-state index contributed by atoms with van der Waals surface area (Å²) in [4.78, 5) is 135. The normalized spacial score (nSPS) is 23.5. The Morgan fingerprint density at radius 2 is 1.11 bits per heavy atom. The molecule has 0 bridgehead atoms. The van der Waals surface area contributed by atoms with Gasteiger partial charge in [0.15, 0.2) is 35.5 Å². The van der Waals surface area contributed by atoms with Gasteiger partial charge in [0.05, 0.1) is 18.3 Å². The topological polar surface area (TPSA) is 466 Å². The Morgan fingerprint density at radius 3 is 1.62 bits per heavy atom. The van der Waals surface area contributed by atoms with Crippen LogP contribution >= 0.6 is 34.0 Å². The highest BCUT2D eigenvalue weighted by Gasteiger charge is 2.45. The van der Waals surface area contributed by atoms with Gasteiger partial charge in [0.25, 0.3) is 16.7 Å². The number of nitrogen functional groups attached to an aromatic ring is 3. The number of hydrogen-bond donors (Lipinski definition) is 9. The molecule has 6 aromatic rings. The molecule has 34 heteroatoms. The van der Waals surface area contributed by atoms with Gasteiger partial charge in [-0.25, -0.2) is 0 Å². The lowest BCUT2D eigenvalue weighted by molar-refractivity contribution is -0.201. The van der Waals surface area contributed by atoms with Crippen molar-refractivity contribution in [2.45, 2.75) is 161 Å². The van der Waals surface area contributed by atoms with Crippen LogP contribution in [0, 0.1) is 5.92 Å². The van der Waals surface area contributed by atoms with Crippen LogP contribution in [0.2, 0.25) is 0 Å². The summed E-state index contributed by atoms with van der Waals surface area (Å²) < 4.78 is 40.7.